The van der Waals surface area contributed by atoms with Crippen molar-refractivity contribution in [1.29, 1.82) is 0 Å². The first-order valence-electron chi connectivity index (χ1n) is 9.31. The largest absolute Gasteiger partial charge is 0.411 e. The van der Waals surface area contributed by atoms with Crippen LogP contribution in [0.1, 0.15) is 69.6 Å². The van der Waals surface area contributed by atoms with Crippen molar-refractivity contribution in [3.8, 4) is 0 Å². The van der Waals surface area contributed by atoms with Crippen molar-refractivity contribution < 1.29 is 5.21 Å². The Hall–Kier alpha value is -1.35. The average Bonchev–Trinajstić information content (AvgIpc) is 2.58. The van der Waals surface area contributed by atoms with Gasteiger partial charge in [-0.05, 0) is 62.7 Å². The Balaban J connectivity index is 2.27. The summed E-state index contributed by atoms with van der Waals surface area (Å²) in [6, 6.07) is 7.13. The first kappa shape index (κ1) is 18.0. The summed E-state index contributed by atoms with van der Waals surface area (Å²) in [5, 5.41) is 13.0. The van der Waals surface area contributed by atoms with Gasteiger partial charge in [0.15, 0.2) is 0 Å². The highest BCUT2D eigenvalue weighted by Gasteiger charge is 2.26. The van der Waals surface area contributed by atoms with E-state index in [-0.39, 0.29) is 0 Å². The Morgan fingerprint density at radius 1 is 1.17 bits per heavy atom. The minimum Gasteiger partial charge on any atom is -0.411 e. The third-order valence-electron chi connectivity index (χ3n) is 4.92. The SMILES string of the molecule is CCC/C(=N\O)c1cccc2c1CC(N(CCC)CCC)CC2. The van der Waals surface area contributed by atoms with E-state index in [0.29, 0.717) is 6.04 Å². The first-order chi connectivity index (χ1) is 11.2. The lowest BCUT2D eigenvalue weighted by molar-refractivity contribution is 0.180. The molecule has 0 heterocycles. The summed E-state index contributed by atoms with van der Waals surface area (Å²) in [4.78, 5) is 2.66. The maximum Gasteiger partial charge on any atom is 0.0870 e. The van der Waals surface area contributed by atoms with Crippen LogP contribution >= 0.6 is 0 Å². The molecule has 0 saturated carbocycles. The minimum absolute atomic E-state index is 0.630. The predicted molar refractivity (Wildman–Crippen MR) is 97.6 cm³/mol. The lowest BCUT2D eigenvalue weighted by Gasteiger charge is -2.36. The molecule has 3 heteroatoms. The Labute approximate surface area is 141 Å². The molecule has 1 aliphatic carbocycles. The second-order valence-electron chi connectivity index (χ2n) is 6.67. The summed E-state index contributed by atoms with van der Waals surface area (Å²) in [7, 11) is 0. The fourth-order valence-corrected chi connectivity index (χ4v) is 3.88. The van der Waals surface area contributed by atoms with Crippen molar-refractivity contribution in [3.63, 3.8) is 0 Å². The topological polar surface area (TPSA) is 35.8 Å². The van der Waals surface area contributed by atoms with Gasteiger partial charge in [0.05, 0.1) is 5.71 Å². The normalized spacial score (nSPS) is 18.3. The molecular weight excluding hydrogens is 284 g/mol. The van der Waals surface area contributed by atoms with E-state index in [0.717, 1.165) is 31.4 Å². The number of rotatable bonds is 8. The molecule has 0 saturated heterocycles. The van der Waals surface area contributed by atoms with E-state index in [9.17, 15) is 5.21 Å². The molecule has 0 aliphatic heterocycles. The van der Waals surface area contributed by atoms with Crippen LogP contribution < -0.4 is 0 Å². The summed E-state index contributed by atoms with van der Waals surface area (Å²) in [6.45, 7) is 9.04. The third kappa shape index (κ3) is 4.35. The van der Waals surface area contributed by atoms with Gasteiger partial charge in [0, 0.05) is 11.6 Å². The van der Waals surface area contributed by atoms with Crippen molar-refractivity contribution in [2.45, 2.75) is 71.8 Å². The lowest BCUT2D eigenvalue weighted by Crippen LogP contribution is -2.40. The number of aryl methyl sites for hydroxylation is 1. The zero-order valence-corrected chi connectivity index (χ0v) is 15.0. The van der Waals surface area contributed by atoms with Crippen LogP contribution in [0.25, 0.3) is 0 Å². The van der Waals surface area contributed by atoms with Gasteiger partial charge in [0.1, 0.15) is 0 Å². The Kier molecular flexibility index (Phi) is 7.10. The molecule has 23 heavy (non-hydrogen) atoms. The van der Waals surface area contributed by atoms with E-state index < -0.39 is 0 Å². The van der Waals surface area contributed by atoms with Crippen LogP contribution in [0.4, 0.5) is 0 Å². The molecule has 1 unspecified atom stereocenters. The van der Waals surface area contributed by atoms with Crippen LogP contribution in [0.2, 0.25) is 0 Å². The smallest absolute Gasteiger partial charge is 0.0870 e. The van der Waals surface area contributed by atoms with Crippen LogP contribution in [0.15, 0.2) is 23.4 Å². The second-order valence-corrected chi connectivity index (χ2v) is 6.67. The van der Waals surface area contributed by atoms with Gasteiger partial charge in [-0.25, -0.2) is 0 Å². The highest BCUT2D eigenvalue weighted by molar-refractivity contribution is 6.01. The molecule has 0 radical (unpaired) electrons. The molecule has 3 nitrogen and oxygen atoms in total. The van der Waals surface area contributed by atoms with Gasteiger partial charge >= 0.3 is 0 Å². The van der Waals surface area contributed by atoms with Crippen LogP contribution in [-0.4, -0.2) is 35.0 Å². The zero-order valence-electron chi connectivity index (χ0n) is 15.0. The Morgan fingerprint density at radius 3 is 2.52 bits per heavy atom. The molecule has 1 atom stereocenters. The molecule has 0 fully saturated rings. The number of benzene rings is 1. The van der Waals surface area contributed by atoms with Gasteiger partial charge in [0.2, 0.25) is 0 Å². The summed E-state index contributed by atoms with van der Waals surface area (Å²) in [5.41, 5.74) is 4.89. The average molecular weight is 316 g/mol. The molecular formula is C20H32N2O. The quantitative estimate of drug-likeness (QED) is 0.431. The number of fused-ring (bicyclic) bond motifs is 1. The molecule has 0 bridgehead atoms. The Morgan fingerprint density at radius 2 is 1.91 bits per heavy atom. The van der Waals surface area contributed by atoms with Crippen LogP contribution in [0.3, 0.4) is 0 Å². The van der Waals surface area contributed by atoms with Crippen molar-refractivity contribution in [2.24, 2.45) is 5.16 Å². The van der Waals surface area contributed by atoms with Gasteiger partial charge in [-0.2, -0.15) is 0 Å². The highest BCUT2D eigenvalue weighted by Crippen LogP contribution is 2.29. The van der Waals surface area contributed by atoms with Crippen LogP contribution in [-0.2, 0) is 12.8 Å². The van der Waals surface area contributed by atoms with E-state index >= 15 is 0 Å². The molecule has 1 aromatic rings. The lowest BCUT2D eigenvalue weighted by atomic mass is 9.83. The maximum absolute atomic E-state index is 9.43. The van der Waals surface area contributed by atoms with Gasteiger partial charge in [-0.3, -0.25) is 0 Å². The van der Waals surface area contributed by atoms with Crippen molar-refractivity contribution in [2.75, 3.05) is 13.1 Å². The molecule has 1 aromatic carbocycles. The molecule has 128 valence electrons. The number of oxime groups is 1. The van der Waals surface area contributed by atoms with E-state index in [1.807, 2.05) is 0 Å². The first-order valence-corrected chi connectivity index (χ1v) is 9.31. The molecule has 0 amide bonds. The van der Waals surface area contributed by atoms with E-state index in [1.165, 1.54) is 49.0 Å². The zero-order chi connectivity index (χ0) is 16.7. The molecule has 2 rings (SSSR count). The molecule has 1 N–H and O–H groups in total. The van der Waals surface area contributed by atoms with Crippen molar-refractivity contribution in [3.05, 3.63) is 34.9 Å². The van der Waals surface area contributed by atoms with Gasteiger partial charge in [-0.1, -0.05) is 50.5 Å². The van der Waals surface area contributed by atoms with Crippen molar-refractivity contribution in [1.82, 2.24) is 4.90 Å². The van der Waals surface area contributed by atoms with Crippen molar-refractivity contribution >= 4 is 5.71 Å². The van der Waals surface area contributed by atoms with E-state index in [4.69, 9.17) is 0 Å². The predicted octanol–water partition coefficient (Wildman–Crippen LogP) is 4.64. The highest BCUT2D eigenvalue weighted by atomic mass is 16.4. The summed E-state index contributed by atoms with van der Waals surface area (Å²) < 4.78 is 0. The monoisotopic (exact) mass is 316 g/mol. The summed E-state index contributed by atoms with van der Waals surface area (Å²) in [5.74, 6) is 0. The standard InChI is InChI=1S/C20H32N2O/c1-4-8-20(21-23)18-10-7-9-16-11-12-17(15-19(16)18)22(13-5-2)14-6-3/h7,9-10,17,23H,4-6,8,11-15H2,1-3H3/b21-20+. The van der Waals surface area contributed by atoms with E-state index in [1.54, 1.807) is 0 Å². The molecule has 1 aliphatic rings. The molecule has 0 spiro atoms. The number of hydrogen-bond acceptors (Lipinski definition) is 3. The number of hydrogen-bond donors (Lipinski definition) is 1. The summed E-state index contributed by atoms with van der Waals surface area (Å²) >= 11 is 0. The Bertz CT molecular complexity index is 518. The van der Waals surface area contributed by atoms with Crippen LogP contribution in [0.5, 0.6) is 0 Å². The molecule has 0 aromatic heterocycles. The number of nitrogens with zero attached hydrogens (tertiary/aromatic N) is 2. The van der Waals surface area contributed by atoms with Gasteiger partial charge < -0.3 is 10.1 Å². The minimum atomic E-state index is 0.630. The van der Waals surface area contributed by atoms with Gasteiger partial charge in [-0.15, -0.1) is 0 Å². The second kappa shape index (κ2) is 9.07. The summed E-state index contributed by atoms with van der Waals surface area (Å²) in [6.07, 6.45) is 7.75. The third-order valence-corrected chi connectivity index (χ3v) is 4.92. The maximum atomic E-state index is 9.43. The van der Waals surface area contributed by atoms with Crippen LogP contribution in [0, 0.1) is 0 Å². The van der Waals surface area contributed by atoms with E-state index in [2.05, 4.69) is 49.0 Å². The fourth-order valence-electron chi connectivity index (χ4n) is 3.88. The van der Waals surface area contributed by atoms with Gasteiger partial charge in [0.25, 0.3) is 0 Å². The fraction of sp³-hybridized carbons (Fsp3) is 0.650.